The van der Waals surface area contributed by atoms with Crippen molar-refractivity contribution in [1.29, 1.82) is 0 Å². The molecule has 3 rings (SSSR count). The van der Waals surface area contributed by atoms with Crippen LogP contribution in [-0.2, 0) is 4.79 Å². The first-order valence-electron chi connectivity index (χ1n) is 7.66. The van der Waals surface area contributed by atoms with Crippen molar-refractivity contribution in [3.63, 3.8) is 0 Å². The molecule has 0 radical (unpaired) electrons. The monoisotopic (exact) mass is 387 g/mol. The first-order valence-corrected chi connectivity index (χ1v) is 8.45. The Balaban J connectivity index is 2.11. The number of methoxy groups -OCH3 is 1. The van der Waals surface area contributed by atoms with Crippen molar-refractivity contribution in [3.8, 4) is 11.5 Å². The van der Waals surface area contributed by atoms with Crippen LogP contribution in [0.5, 0.6) is 11.5 Å². The number of likely N-dealkylation sites (N-methyl/N-ethyl adjacent to an activating group) is 1. The molecule has 0 bridgehead atoms. The number of benzene rings is 2. The number of ether oxygens (including phenoxy) is 2. The zero-order chi connectivity index (χ0) is 17.3. The van der Waals surface area contributed by atoms with Crippen LogP contribution in [0.4, 0.5) is 5.69 Å². The Morgan fingerprint density at radius 1 is 1.25 bits per heavy atom. The fourth-order valence-corrected chi connectivity index (χ4v) is 3.46. The lowest BCUT2D eigenvalue weighted by Crippen LogP contribution is -2.20. The molecular weight excluding hydrogens is 370 g/mol. The Morgan fingerprint density at radius 2 is 2.00 bits per heavy atom. The number of fused-ring (bicyclic) bond motifs is 1. The van der Waals surface area contributed by atoms with Crippen LogP contribution in [-0.4, -0.2) is 26.7 Å². The zero-order valence-corrected chi connectivity index (χ0v) is 15.4. The van der Waals surface area contributed by atoms with Crippen LogP contribution < -0.4 is 14.4 Å². The van der Waals surface area contributed by atoms with Gasteiger partial charge in [0.05, 0.1) is 23.9 Å². The molecule has 0 aromatic heterocycles. The molecule has 0 saturated heterocycles. The summed E-state index contributed by atoms with van der Waals surface area (Å²) in [5.74, 6) is 1.28. The number of para-hydroxylation sites is 1. The molecule has 0 atom stereocenters. The molecule has 1 aliphatic rings. The SMILES string of the molecule is CCOc1cc(C=C2C(=O)N(C)c3ccccc32)cc(Br)c1OC. The molecule has 2 aromatic rings. The third-order valence-corrected chi connectivity index (χ3v) is 4.53. The highest BCUT2D eigenvalue weighted by molar-refractivity contribution is 9.10. The van der Waals surface area contributed by atoms with Crippen molar-refractivity contribution in [1.82, 2.24) is 0 Å². The summed E-state index contributed by atoms with van der Waals surface area (Å²) < 4.78 is 11.8. The predicted octanol–water partition coefficient (Wildman–Crippen LogP) is 4.37. The van der Waals surface area contributed by atoms with Crippen LogP contribution >= 0.6 is 15.9 Å². The second-order valence-corrected chi connectivity index (χ2v) is 6.26. The van der Waals surface area contributed by atoms with Gasteiger partial charge in [-0.25, -0.2) is 0 Å². The number of hydrogen-bond donors (Lipinski definition) is 0. The molecule has 0 unspecified atom stereocenters. The van der Waals surface area contributed by atoms with E-state index in [1.165, 1.54) is 0 Å². The van der Waals surface area contributed by atoms with Gasteiger partial charge >= 0.3 is 0 Å². The van der Waals surface area contributed by atoms with Crippen molar-refractivity contribution < 1.29 is 14.3 Å². The largest absolute Gasteiger partial charge is 0.492 e. The normalized spacial score (nSPS) is 14.9. The molecule has 24 heavy (non-hydrogen) atoms. The Hall–Kier alpha value is -2.27. The number of carbonyl (C=O) groups is 1. The Morgan fingerprint density at radius 3 is 2.71 bits per heavy atom. The number of anilines is 1. The van der Waals surface area contributed by atoms with E-state index in [2.05, 4.69) is 15.9 Å². The van der Waals surface area contributed by atoms with Crippen molar-refractivity contribution in [2.24, 2.45) is 0 Å². The molecule has 0 saturated carbocycles. The number of amides is 1. The van der Waals surface area contributed by atoms with Crippen molar-refractivity contribution in [3.05, 3.63) is 52.0 Å². The molecule has 5 heteroatoms. The lowest BCUT2D eigenvalue weighted by Gasteiger charge is -2.12. The van der Waals surface area contributed by atoms with Gasteiger partial charge in [-0.05, 0) is 52.7 Å². The Bertz CT molecular complexity index is 829. The average Bonchev–Trinajstić information content (AvgIpc) is 2.81. The highest BCUT2D eigenvalue weighted by Gasteiger charge is 2.29. The quantitative estimate of drug-likeness (QED) is 0.730. The number of hydrogen-bond acceptors (Lipinski definition) is 3. The van der Waals surface area contributed by atoms with E-state index in [1.54, 1.807) is 19.1 Å². The maximum atomic E-state index is 12.6. The topological polar surface area (TPSA) is 38.8 Å². The lowest BCUT2D eigenvalue weighted by atomic mass is 10.0. The first kappa shape index (κ1) is 16.6. The summed E-state index contributed by atoms with van der Waals surface area (Å²) in [5.41, 5.74) is 3.41. The van der Waals surface area contributed by atoms with Gasteiger partial charge in [-0.1, -0.05) is 18.2 Å². The van der Waals surface area contributed by atoms with Crippen molar-refractivity contribution in [2.75, 3.05) is 25.7 Å². The molecular formula is C19H18BrNO3. The lowest BCUT2D eigenvalue weighted by molar-refractivity contribution is -0.112. The van der Waals surface area contributed by atoms with E-state index in [-0.39, 0.29) is 5.91 Å². The minimum Gasteiger partial charge on any atom is -0.492 e. The maximum absolute atomic E-state index is 12.6. The summed E-state index contributed by atoms with van der Waals surface area (Å²) in [7, 11) is 3.39. The van der Waals surface area contributed by atoms with Crippen LogP contribution in [0.1, 0.15) is 18.1 Å². The Labute approximate surface area is 149 Å². The second kappa shape index (κ2) is 6.69. The van der Waals surface area contributed by atoms with Gasteiger partial charge in [0.25, 0.3) is 5.91 Å². The second-order valence-electron chi connectivity index (χ2n) is 5.41. The molecule has 0 aliphatic carbocycles. The summed E-state index contributed by atoms with van der Waals surface area (Å²) in [6.07, 6.45) is 1.89. The van der Waals surface area contributed by atoms with Crippen LogP contribution in [0.15, 0.2) is 40.9 Å². The zero-order valence-electron chi connectivity index (χ0n) is 13.8. The highest BCUT2D eigenvalue weighted by Crippen LogP contribution is 2.40. The molecule has 1 heterocycles. The van der Waals surface area contributed by atoms with Gasteiger partial charge in [0.1, 0.15) is 0 Å². The number of halogens is 1. The van der Waals surface area contributed by atoms with Gasteiger partial charge < -0.3 is 14.4 Å². The van der Waals surface area contributed by atoms with Crippen LogP contribution in [0, 0.1) is 0 Å². The summed E-state index contributed by atoms with van der Waals surface area (Å²) in [4.78, 5) is 14.2. The molecule has 0 fully saturated rings. The van der Waals surface area contributed by atoms with Gasteiger partial charge in [-0.15, -0.1) is 0 Å². The van der Waals surface area contributed by atoms with Gasteiger partial charge in [0.2, 0.25) is 0 Å². The van der Waals surface area contributed by atoms with E-state index in [0.29, 0.717) is 23.7 Å². The van der Waals surface area contributed by atoms with Gasteiger partial charge in [0.15, 0.2) is 11.5 Å². The number of carbonyl (C=O) groups excluding carboxylic acids is 1. The third-order valence-electron chi connectivity index (χ3n) is 3.94. The van der Waals surface area contributed by atoms with Crippen molar-refractivity contribution in [2.45, 2.75) is 6.92 Å². The summed E-state index contributed by atoms with van der Waals surface area (Å²) in [5, 5.41) is 0. The average molecular weight is 388 g/mol. The highest BCUT2D eigenvalue weighted by atomic mass is 79.9. The van der Waals surface area contributed by atoms with E-state index >= 15 is 0 Å². The summed E-state index contributed by atoms with van der Waals surface area (Å²) >= 11 is 3.51. The molecule has 2 aromatic carbocycles. The van der Waals surface area contributed by atoms with E-state index in [1.807, 2.05) is 49.4 Å². The first-order chi connectivity index (χ1) is 11.6. The minimum atomic E-state index is -0.0129. The Kier molecular flexibility index (Phi) is 4.62. The fraction of sp³-hybridized carbons (Fsp3) is 0.211. The predicted molar refractivity (Wildman–Crippen MR) is 99.6 cm³/mol. The smallest absolute Gasteiger partial charge is 0.258 e. The van der Waals surface area contributed by atoms with E-state index in [0.717, 1.165) is 21.3 Å². The van der Waals surface area contributed by atoms with E-state index < -0.39 is 0 Å². The standard InChI is InChI=1S/C19H18BrNO3/c1-4-24-17-11-12(10-15(20)18(17)23-3)9-14-13-7-5-6-8-16(13)21(2)19(14)22/h5-11H,4H2,1-3H3. The minimum absolute atomic E-state index is 0.0129. The van der Waals surface area contributed by atoms with Crippen LogP contribution in [0.2, 0.25) is 0 Å². The van der Waals surface area contributed by atoms with Crippen LogP contribution in [0.3, 0.4) is 0 Å². The molecule has 4 nitrogen and oxygen atoms in total. The summed E-state index contributed by atoms with van der Waals surface area (Å²) in [6, 6.07) is 11.6. The van der Waals surface area contributed by atoms with E-state index in [4.69, 9.17) is 9.47 Å². The fourth-order valence-electron chi connectivity index (χ4n) is 2.84. The van der Waals surface area contributed by atoms with E-state index in [9.17, 15) is 4.79 Å². The maximum Gasteiger partial charge on any atom is 0.258 e. The number of nitrogens with zero attached hydrogens (tertiary/aromatic N) is 1. The molecule has 0 N–H and O–H groups in total. The molecule has 1 amide bonds. The third kappa shape index (κ3) is 2.80. The molecule has 124 valence electrons. The number of rotatable bonds is 4. The van der Waals surface area contributed by atoms with Gasteiger partial charge in [-0.3, -0.25) is 4.79 Å². The van der Waals surface area contributed by atoms with Crippen molar-refractivity contribution >= 4 is 39.2 Å². The van der Waals surface area contributed by atoms with Crippen LogP contribution in [0.25, 0.3) is 11.6 Å². The molecule has 1 aliphatic heterocycles. The van der Waals surface area contributed by atoms with Gasteiger partial charge in [0, 0.05) is 18.2 Å². The van der Waals surface area contributed by atoms with Gasteiger partial charge in [-0.2, -0.15) is 0 Å². The molecule has 0 spiro atoms. The summed E-state index contributed by atoms with van der Waals surface area (Å²) in [6.45, 7) is 2.46.